The van der Waals surface area contributed by atoms with E-state index < -0.39 is 0 Å². The van der Waals surface area contributed by atoms with Crippen LogP contribution in [0.4, 0.5) is 0 Å². The van der Waals surface area contributed by atoms with E-state index in [0.29, 0.717) is 6.04 Å². The first-order valence-electron chi connectivity index (χ1n) is 5.13. The summed E-state index contributed by atoms with van der Waals surface area (Å²) in [7, 11) is 0. The molecule has 16 heavy (non-hydrogen) atoms. The minimum atomic E-state index is 0.319. The highest BCUT2D eigenvalue weighted by molar-refractivity contribution is 9.10. The summed E-state index contributed by atoms with van der Waals surface area (Å²) >= 11 is 5.24. The zero-order valence-electron chi connectivity index (χ0n) is 8.98. The van der Waals surface area contributed by atoms with Gasteiger partial charge in [0, 0.05) is 28.6 Å². The highest BCUT2D eigenvalue weighted by Crippen LogP contribution is 2.23. The summed E-state index contributed by atoms with van der Waals surface area (Å²) in [6, 6.07) is 8.60. The standard InChI is InChI=1S/C12H13BrN2S/c1-9(10-4-2-3-5-11(10)13)15-8-12-14-6-7-16-12/h2-7,9,15H,8H2,1H3/t9-/m0/s1. The Labute approximate surface area is 108 Å². The maximum absolute atomic E-state index is 4.25. The van der Waals surface area contributed by atoms with E-state index in [1.807, 2.05) is 17.6 Å². The maximum Gasteiger partial charge on any atom is 0.106 e. The van der Waals surface area contributed by atoms with Crippen LogP contribution in [0.3, 0.4) is 0 Å². The van der Waals surface area contributed by atoms with Gasteiger partial charge >= 0.3 is 0 Å². The Morgan fingerprint density at radius 1 is 1.44 bits per heavy atom. The molecule has 2 nitrogen and oxygen atoms in total. The van der Waals surface area contributed by atoms with Crippen molar-refractivity contribution in [3.63, 3.8) is 0 Å². The minimum Gasteiger partial charge on any atom is -0.304 e. The molecule has 1 N–H and O–H groups in total. The van der Waals surface area contributed by atoms with E-state index in [-0.39, 0.29) is 0 Å². The first kappa shape index (κ1) is 11.8. The Hall–Kier alpha value is -0.710. The molecule has 0 aliphatic heterocycles. The molecule has 1 aromatic carbocycles. The van der Waals surface area contributed by atoms with Gasteiger partial charge < -0.3 is 5.32 Å². The molecular weight excluding hydrogens is 284 g/mol. The topological polar surface area (TPSA) is 24.9 Å². The molecule has 1 aromatic heterocycles. The number of benzene rings is 1. The van der Waals surface area contributed by atoms with Crippen LogP contribution in [0.1, 0.15) is 23.5 Å². The second kappa shape index (κ2) is 5.57. The number of nitrogens with one attached hydrogen (secondary N) is 1. The zero-order valence-corrected chi connectivity index (χ0v) is 11.4. The number of halogens is 1. The Balaban J connectivity index is 1.98. The molecule has 0 amide bonds. The normalized spacial score (nSPS) is 12.6. The van der Waals surface area contributed by atoms with Crippen LogP contribution in [0.2, 0.25) is 0 Å². The third-order valence-electron chi connectivity index (χ3n) is 2.41. The maximum atomic E-state index is 4.25. The van der Waals surface area contributed by atoms with Gasteiger partial charge in [0.2, 0.25) is 0 Å². The van der Waals surface area contributed by atoms with E-state index in [2.05, 4.69) is 51.4 Å². The van der Waals surface area contributed by atoms with E-state index in [1.165, 1.54) is 5.56 Å². The molecule has 2 rings (SSSR count). The molecule has 0 fully saturated rings. The molecule has 0 saturated heterocycles. The van der Waals surface area contributed by atoms with Gasteiger partial charge in [-0.2, -0.15) is 0 Å². The van der Waals surface area contributed by atoms with E-state index in [4.69, 9.17) is 0 Å². The number of rotatable bonds is 4. The summed E-state index contributed by atoms with van der Waals surface area (Å²) < 4.78 is 1.15. The van der Waals surface area contributed by atoms with Gasteiger partial charge in [0.05, 0.1) is 0 Å². The molecule has 0 bridgehead atoms. The molecule has 0 saturated carbocycles. The fraction of sp³-hybridized carbons (Fsp3) is 0.250. The Morgan fingerprint density at radius 2 is 2.25 bits per heavy atom. The van der Waals surface area contributed by atoms with E-state index >= 15 is 0 Å². The van der Waals surface area contributed by atoms with Crippen molar-refractivity contribution in [2.24, 2.45) is 0 Å². The highest BCUT2D eigenvalue weighted by atomic mass is 79.9. The third-order valence-corrected chi connectivity index (χ3v) is 3.92. The van der Waals surface area contributed by atoms with Crippen molar-refractivity contribution in [2.45, 2.75) is 19.5 Å². The summed E-state index contributed by atoms with van der Waals surface area (Å²) in [4.78, 5) is 4.25. The lowest BCUT2D eigenvalue weighted by atomic mass is 10.1. The van der Waals surface area contributed by atoms with Gasteiger partial charge in [0.15, 0.2) is 0 Å². The first-order chi connectivity index (χ1) is 7.77. The monoisotopic (exact) mass is 296 g/mol. The van der Waals surface area contributed by atoms with Gasteiger partial charge in [0.1, 0.15) is 5.01 Å². The van der Waals surface area contributed by atoms with Crippen LogP contribution in [-0.4, -0.2) is 4.98 Å². The van der Waals surface area contributed by atoms with Gasteiger partial charge in [-0.1, -0.05) is 34.1 Å². The quantitative estimate of drug-likeness (QED) is 0.929. The lowest BCUT2D eigenvalue weighted by Gasteiger charge is -2.14. The smallest absolute Gasteiger partial charge is 0.106 e. The van der Waals surface area contributed by atoms with Gasteiger partial charge in [0.25, 0.3) is 0 Å². The number of hydrogen-bond acceptors (Lipinski definition) is 3. The highest BCUT2D eigenvalue weighted by Gasteiger charge is 2.08. The summed E-state index contributed by atoms with van der Waals surface area (Å²) in [6.07, 6.45) is 1.84. The van der Waals surface area contributed by atoms with Crippen LogP contribution in [0.25, 0.3) is 0 Å². The summed E-state index contributed by atoms with van der Waals surface area (Å²) in [5, 5.41) is 6.58. The number of aromatic nitrogens is 1. The fourth-order valence-corrected chi connectivity index (χ4v) is 2.71. The average Bonchev–Trinajstić information content (AvgIpc) is 2.79. The van der Waals surface area contributed by atoms with Crippen molar-refractivity contribution < 1.29 is 0 Å². The fourth-order valence-electron chi connectivity index (χ4n) is 1.52. The van der Waals surface area contributed by atoms with Gasteiger partial charge in [-0.15, -0.1) is 11.3 Å². The van der Waals surface area contributed by atoms with Crippen LogP contribution in [0.5, 0.6) is 0 Å². The molecule has 0 radical (unpaired) electrons. The van der Waals surface area contributed by atoms with Crippen LogP contribution >= 0.6 is 27.3 Å². The second-order valence-electron chi connectivity index (χ2n) is 3.55. The summed E-state index contributed by atoms with van der Waals surface area (Å²) in [5.74, 6) is 0. The van der Waals surface area contributed by atoms with Crippen molar-refractivity contribution in [3.05, 3.63) is 50.9 Å². The van der Waals surface area contributed by atoms with Crippen molar-refractivity contribution in [1.29, 1.82) is 0 Å². The average molecular weight is 297 g/mol. The Kier molecular flexibility index (Phi) is 4.09. The minimum absolute atomic E-state index is 0.319. The lowest BCUT2D eigenvalue weighted by Crippen LogP contribution is -2.18. The molecule has 4 heteroatoms. The second-order valence-corrected chi connectivity index (χ2v) is 5.38. The number of nitrogens with zero attached hydrogens (tertiary/aromatic N) is 1. The molecule has 0 aliphatic rings. The Morgan fingerprint density at radius 3 is 2.94 bits per heavy atom. The van der Waals surface area contributed by atoms with Crippen LogP contribution in [-0.2, 0) is 6.54 Å². The van der Waals surface area contributed by atoms with Crippen molar-refractivity contribution >= 4 is 27.3 Å². The largest absolute Gasteiger partial charge is 0.304 e. The van der Waals surface area contributed by atoms with Crippen LogP contribution in [0, 0.1) is 0 Å². The van der Waals surface area contributed by atoms with Crippen LogP contribution < -0.4 is 5.32 Å². The molecule has 1 heterocycles. The lowest BCUT2D eigenvalue weighted by molar-refractivity contribution is 0.571. The van der Waals surface area contributed by atoms with E-state index in [9.17, 15) is 0 Å². The predicted octanol–water partition coefficient (Wildman–Crippen LogP) is 3.76. The molecule has 0 aliphatic carbocycles. The van der Waals surface area contributed by atoms with E-state index in [1.54, 1.807) is 11.3 Å². The van der Waals surface area contributed by atoms with Crippen LogP contribution in [0.15, 0.2) is 40.3 Å². The third kappa shape index (κ3) is 2.90. The zero-order chi connectivity index (χ0) is 11.4. The van der Waals surface area contributed by atoms with Gasteiger partial charge in [-0.25, -0.2) is 4.98 Å². The van der Waals surface area contributed by atoms with E-state index in [0.717, 1.165) is 16.0 Å². The molecule has 1 atom stereocenters. The molecular formula is C12H13BrN2S. The Bertz CT molecular complexity index is 442. The summed E-state index contributed by atoms with van der Waals surface area (Å²) in [6.45, 7) is 2.98. The number of thiazole rings is 1. The predicted molar refractivity (Wildman–Crippen MR) is 71.5 cm³/mol. The molecule has 2 aromatic rings. The van der Waals surface area contributed by atoms with Gasteiger partial charge in [-0.3, -0.25) is 0 Å². The molecule has 84 valence electrons. The van der Waals surface area contributed by atoms with Gasteiger partial charge in [-0.05, 0) is 18.6 Å². The molecule has 0 unspecified atom stereocenters. The number of hydrogen-bond donors (Lipinski definition) is 1. The van der Waals surface area contributed by atoms with Crippen molar-refractivity contribution in [1.82, 2.24) is 10.3 Å². The SMILES string of the molecule is C[C@H](NCc1nccs1)c1ccccc1Br. The summed E-state index contributed by atoms with van der Waals surface area (Å²) in [5.41, 5.74) is 1.28. The van der Waals surface area contributed by atoms with Crippen molar-refractivity contribution in [3.8, 4) is 0 Å². The first-order valence-corrected chi connectivity index (χ1v) is 6.81. The molecule has 0 spiro atoms. The van der Waals surface area contributed by atoms with Crippen molar-refractivity contribution in [2.75, 3.05) is 0 Å².